The van der Waals surface area contributed by atoms with Crippen molar-refractivity contribution >= 4 is 27.9 Å². The molecule has 2 amide bonds. The molecule has 0 aliphatic carbocycles. The van der Waals surface area contributed by atoms with Crippen molar-refractivity contribution in [1.82, 2.24) is 14.9 Å². The lowest BCUT2D eigenvalue weighted by Gasteiger charge is -2.19. The number of carbonyl (C=O) groups is 2. The van der Waals surface area contributed by atoms with Gasteiger partial charge < -0.3 is 10.2 Å². The highest BCUT2D eigenvalue weighted by atomic mass is 32.2. The molecule has 0 radical (unpaired) electrons. The zero-order valence-corrected chi connectivity index (χ0v) is 17.0. The lowest BCUT2D eigenvalue weighted by molar-refractivity contribution is -0.132. The molecule has 0 unspecified atom stereocenters. The lowest BCUT2D eigenvalue weighted by Crippen LogP contribution is -2.40. The third-order valence-electron chi connectivity index (χ3n) is 3.65. The molecule has 150 valence electrons. The molecule has 0 bridgehead atoms. The number of hydrogen-bond acceptors (Lipinski definition) is 4. The van der Waals surface area contributed by atoms with Crippen LogP contribution in [0.2, 0.25) is 0 Å². The average Bonchev–Trinajstić information content (AvgIpc) is 2.64. The van der Waals surface area contributed by atoms with Crippen LogP contribution in [0.5, 0.6) is 0 Å². The molecule has 0 saturated heterocycles. The fourth-order valence-corrected chi connectivity index (χ4v) is 3.38. The van der Waals surface area contributed by atoms with Gasteiger partial charge in [-0.05, 0) is 36.6 Å². The Morgan fingerprint density at radius 2 is 1.74 bits per heavy atom. The van der Waals surface area contributed by atoms with Crippen LogP contribution in [0.15, 0.2) is 35.2 Å². The summed E-state index contributed by atoms with van der Waals surface area (Å²) in [7, 11) is -3.49. The molecule has 2 N–H and O–H groups in total. The fourth-order valence-electron chi connectivity index (χ4n) is 2.34. The number of rotatable bonds is 11. The van der Waals surface area contributed by atoms with Crippen molar-refractivity contribution in [3.63, 3.8) is 0 Å². The summed E-state index contributed by atoms with van der Waals surface area (Å²) in [5.74, 6) is -0.433. The Bertz CT molecular complexity index is 743. The van der Waals surface area contributed by atoms with E-state index in [1.165, 1.54) is 23.1 Å². The second-order valence-electron chi connectivity index (χ2n) is 6.01. The topological polar surface area (TPSA) is 95.6 Å². The molecule has 0 heterocycles. The van der Waals surface area contributed by atoms with Crippen molar-refractivity contribution in [3.8, 4) is 0 Å². The van der Waals surface area contributed by atoms with E-state index in [9.17, 15) is 18.0 Å². The maximum absolute atomic E-state index is 12.4. The van der Waals surface area contributed by atoms with Crippen LogP contribution in [0.4, 0.5) is 0 Å². The van der Waals surface area contributed by atoms with Crippen molar-refractivity contribution in [1.29, 1.82) is 0 Å². The molecule has 0 aliphatic heterocycles. The average molecular weight is 396 g/mol. The molecule has 0 aliphatic rings. The number of amides is 2. The van der Waals surface area contributed by atoms with Gasteiger partial charge in [0.15, 0.2) is 0 Å². The number of nitrogens with one attached hydrogen (secondary N) is 2. The third kappa shape index (κ3) is 7.92. The summed E-state index contributed by atoms with van der Waals surface area (Å²) in [5, 5.41) is 2.76. The smallest absolute Gasteiger partial charge is 0.247 e. The Kier molecular flexibility index (Phi) is 9.74. The van der Waals surface area contributed by atoms with Gasteiger partial charge in [0.2, 0.25) is 21.8 Å². The predicted octanol–water partition coefficient (Wildman–Crippen LogP) is 1.76. The van der Waals surface area contributed by atoms with Gasteiger partial charge in [0, 0.05) is 25.7 Å². The maximum Gasteiger partial charge on any atom is 0.247 e. The highest BCUT2D eigenvalue weighted by Crippen LogP contribution is 2.11. The first-order valence-corrected chi connectivity index (χ1v) is 10.7. The quantitative estimate of drug-likeness (QED) is 0.558. The van der Waals surface area contributed by atoms with Gasteiger partial charge in [0.1, 0.15) is 0 Å². The number of nitrogens with zero attached hydrogens (tertiary/aromatic N) is 1. The van der Waals surface area contributed by atoms with E-state index in [0.29, 0.717) is 25.2 Å². The molecule has 0 saturated carbocycles. The van der Waals surface area contributed by atoms with Gasteiger partial charge in [-0.1, -0.05) is 32.9 Å². The van der Waals surface area contributed by atoms with E-state index in [-0.39, 0.29) is 23.3 Å². The number of carbonyl (C=O) groups excluding carboxylic acids is 2. The summed E-state index contributed by atoms with van der Waals surface area (Å²) in [4.78, 5) is 25.9. The Morgan fingerprint density at radius 1 is 1.07 bits per heavy atom. The highest BCUT2D eigenvalue weighted by Gasteiger charge is 2.14. The Hall–Kier alpha value is -2.19. The molecular weight excluding hydrogens is 366 g/mol. The van der Waals surface area contributed by atoms with Gasteiger partial charge in [-0.25, -0.2) is 13.1 Å². The molecule has 7 nitrogen and oxygen atoms in total. The van der Waals surface area contributed by atoms with Crippen LogP contribution in [0.25, 0.3) is 6.08 Å². The molecule has 0 fully saturated rings. The minimum Gasteiger partial charge on any atom is -0.355 e. The molecule has 0 atom stereocenters. The summed E-state index contributed by atoms with van der Waals surface area (Å²) < 4.78 is 26.3. The first kappa shape index (κ1) is 22.9. The van der Waals surface area contributed by atoms with Gasteiger partial charge in [-0.15, -0.1) is 0 Å². The molecule has 8 heteroatoms. The Morgan fingerprint density at radius 3 is 2.30 bits per heavy atom. The SMILES string of the molecule is CCCNC(=O)CN(CCC)C(=O)C=Cc1ccc(S(=O)(=O)NCC)cc1. The number of benzene rings is 1. The van der Waals surface area contributed by atoms with Gasteiger partial charge in [0.05, 0.1) is 11.4 Å². The molecular formula is C19H29N3O4S. The molecule has 0 spiro atoms. The molecule has 0 aromatic heterocycles. The Labute approximate surface area is 161 Å². The van der Waals surface area contributed by atoms with E-state index < -0.39 is 10.0 Å². The third-order valence-corrected chi connectivity index (χ3v) is 5.22. The van der Waals surface area contributed by atoms with Crippen molar-refractivity contribution in [2.45, 2.75) is 38.5 Å². The van der Waals surface area contributed by atoms with Crippen LogP contribution in [0.3, 0.4) is 0 Å². The monoisotopic (exact) mass is 395 g/mol. The summed E-state index contributed by atoms with van der Waals surface area (Å²) in [6, 6.07) is 6.24. The molecule has 1 aromatic rings. The predicted molar refractivity (Wildman–Crippen MR) is 107 cm³/mol. The van der Waals surface area contributed by atoms with Crippen molar-refractivity contribution < 1.29 is 18.0 Å². The number of hydrogen-bond donors (Lipinski definition) is 2. The van der Waals surface area contributed by atoms with E-state index in [1.807, 2.05) is 13.8 Å². The highest BCUT2D eigenvalue weighted by molar-refractivity contribution is 7.89. The van der Waals surface area contributed by atoms with Gasteiger partial charge in [-0.3, -0.25) is 9.59 Å². The Balaban J connectivity index is 2.77. The standard InChI is InChI=1S/C19H29N3O4S/c1-4-13-20-18(23)15-22(14-5-2)19(24)12-9-16-7-10-17(11-8-16)27(25,26)21-6-3/h7-12,21H,4-6,13-15H2,1-3H3,(H,20,23). The zero-order chi connectivity index (χ0) is 20.3. The first-order valence-electron chi connectivity index (χ1n) is 9.17. The van der Waals surface area contributed by atoms with Crippen LogP contribution in [0.1, 0.15) is 39.2 Å². The second kappa shape index (κ2) is 11.5. The van der Waals surface area contributed by atoms with Crippen LogP contribution in [-0.2, 0) is 19.6 Å². The van der Waals surface area contributed by atoms with Gasteiger partial charge in [0.25, 0.3) is 0 Å². The van der Waals surface area contributed by atoms with E-state index in [0.717, 1.165) is 12.8 Å². The zero-order valence-electron chi connectivity index (χ0n) is 16.2. The van der Waals surface area contributed by atoms with E-state index in [2.05, 4.69) is 10.0 Å². The fraction of sp³-hybridized carbons (Fsp3) is 0.474. The number of sulfonamides is 1. The summed E-state index contributed by atoms with van der Waals surface area (Å²) in [6.07, 6.45) is 4.60. The summed E-state index contributed by atoms with van der Waals surface area (Å²) in [6.45, 7) is 7.04. The van der Waals surface area contributed by atoms with E-state index >= 15 is 0 Å². The molecule has 1 aromatic carbocycles. The minimum atomic E-state index is -3.49. The van der Waals surface area contributed by atoms with Crippen LogP contribution in [-0.4, -0.2) is 51.3 Å². The van der Waals surface area contributed by atoms with Crippen LogP contribution < -0.4 is 10.0 Å². The second-order valence-corrected chi connectivity index (χ2v) is 7.78. The van der Waals surface area contributed by atoms with Crippen LogP contribution in [0, 0.1) is 0 Å². The van der Waals surface area contributed by atoms with Crippen molar-refractivity contribution in [3.05, 3.63) is 35.9 Å². The van der Waals surface area contributed by atoms with E-state index in [4.69, 9.17) is 0 Å². The molecule has 1 rings (SSSR count). The summed E-state index contributed by atoms with van der Waals surface area (Å²) in [5.41, 5.74) is 0.700. The van der Waals surface area contributed by atoms with Crippen molar-refractivity contribution in [2.24, 2.45) is 0 Å². The lowest BCUT2D eigenvalue weighted by atomic mass is 10.2. The normalized spacial score (nSPS) is 11.5. The molecule has 27 heavy (non-hydrogen) atoms. The largest absolute Gasteiger partial charge is 0.355 e. The first-order chi connectivity index (χ1) is 12.8. The van der Waals surface area contributed by atoms with Crippen LogP contribution >= 0.6 is 0 Å². The van der Waals surface area contributed by atoms with Gasteiger partial charge in [-0.2, -0.15) is 0 Å². The minimum absolute atomic E-state index is 0.0247. The van der Waals surface area contributed by atoms with E-state index in [1.54, 1.807) is 25.1 Å². The summed E-state index contributed by atoms with van der Waals surface area (Å²) >= 11 is 0. The van der Waals surface area contributed by atoms with Crippen molar-refractivity contribution in [2.75, 3.05) is 26.2 Å². The van der Waals surface area contributed by atoms with Gasteiger partial charge >= 0.3 is 0 Å². The maximum atomic E-state index is 12.4.